The summed E-state index contributed by atoms with van der Waals surface area (Å²) in [4.78, 5) is 28.9. The Bertz CT molecular complexity index is 1050. The molecule has 0 atom stereocenters. The third kappa shape index (κ3) is 5.86. The third-order valence-electron chi connectivity index (χ3n) is 4.21. The number of pyridine rings is 1. The predicted octanol–water partition coefficient (Wildman–Crippen LogP) is 5.19. The highest BCUT2D eigenvalue weighted by molar-refractivity contribution is 9.08. The van der Waals surface area contributed by atoms with Crippen molar-refractivity contribution in [1.29, 1.82) is 0 Å². The maximum Gasteiger partial charge on any atom is 0.255 e. The van der Waals surface area contributed by atoms with E-state index >= 15 is 0 Å². The second-order valence-electron chi connectivity index (χ2n) is 6.43. The van der Waals surface area contributed by atoms with Gasteiger partial charge in [0.15, 0.2) is 0 Å². The number of carbonyl (C=O) groups excluding carboxylic acids is 2. The Morgan fingerprint density at radius 3 is 2.69 bits per heavy atom. The smallest absolute Gasteiger partial charge is 0.255 e. The van der Waals surface area contributed by atoms with Gasteiger partial charge in [0.05, 0.1) is 0 Å². The minimum Gasteiger partial charge on any atom is -0.322 e. The van der Waals surface area contributed by atoms with Gasteiger partial charge in [-0.05, 0) is 60.0 Å². The molecular formula is C23H20BrN3O2. The number of hydrogen-bond acceptors (Lipinski definition) is 3. The van der Waals surface area contributed by atoms with Crippen molar-refractivity contribution < 1.29 is 9.59 Å². The zero-order valence-electron chi connectivity index (χ0n) is 15.9. The number of aryl methyl sites for hydroxylation is 1. The molecule has 0 aliphatic heterocycles. The second-order valence-corrected chi connectivity index (χ2v) is 6.99. The van der Waals surface area contributed by atoms with Crippen LogP contribution in [0.25, 0.3) is 6.08 Å². The Morgan fingerprint density at radius 2 is 1.93 bits per heavy atom. The first-order valence-corrected chi connectivity index (χ1v) is 10.1. The van der Waals surface area contributed by atoms with Gasteiger partial charge in [0.1, 0.15) is 0 Å². The molecule has 0 aliphatic carbocycles. The van der Waals surface area contributed by atoms with Crippen LogP contribution >= 0.6 is 15.9 Å². The summed E-state index contributed by atoms with van der Waals surface area (Å²) in [7, 11) is 0. The number of alkyl halides is 1. The van der Waals surface area contributed by atoms with Crippen LogP contribution in [0.5, 0.6) is 0 Å². The summed E-state index contributed by atoms with van der Waals surface area (Å²) < 4.78 is 0. The van der Waals surface area contributed by atoms with Gasteiger partial charge in [-0.2, -0.15) is 0 Å². The fourth-order valence-electron chi connectivity index (χ4n) is 2.65. The maximum atomic E-state index is 12.6. The van der Waals surface area contributed by atoms with E-state index in [4.69, 9.17) is 0 Å². The van der Waals surface area contributed by atoms with Crippen LogP contribution in [-0.4, -0.2) is 16.8 Å². The summed E-state index contributed by atoms with van der Waals surface area (Å²) in [5.74, 6) is -0.516. The zero-order valence-corrected chi connectivity index (χ0v) is 17.4. The number of hydrogen-bond donors (Lipinski definition) is 2. The standard InChI is InChI=1S/C23H20BrN3O2/c1-16-7-9-19(23(29)26-20-6-2-4-18(12-20)14-24)13-21(16)27-22(28)10-8-17-5-3-11-25-15-17/h2-13,15H,14H2,1H3,(H,26,29)(H,27,28)/b10-8+. The van der Waals surface area contributed by atoms with E-state index in [1.54, 1.807) is 36.7 Å². The van der Waals surface area contributed by atoms with Crippen LogP contribution in [0.4, 0.5) is 11.4 Å². The topological polar surface area (TPSA) is 71.1 Å². The lowest BCUT2D eigenvalue weighted by molar-refractivity contribution is -0.111. The number of nitrogens with one attached hydrogen (secondary N) is 2. The SMILES string of the molecule is Cc1ccc(C(=O)Nc2cccc(CBr)c2)cc1NC(=O)/C=C/c1cccnc1. The van der Waals surface area contributed by atoms with Gasteiger partial charge in [-0.1, -0.05) is 40.2 Å². The van der Waals surface area contributed by atoms with Gasteiger partial charge in [-0.15, -0.1) is 0 Å². The van der Waals surface area contributed by atoms with Crippen molar-refractivity contribution in [2.45, 2.75) is 12.3 Å². The number of anilines is 2. The highest BCUT2D eigenvalue weighted by atomic mass is 79.9. The van der Waals surface area contributed by atoms with Gasteiger partial charge in [0, 0.05) is 40.7 Å². The van der Waals surface area contributed by atoms with Crippen molar-refractivity contribution in [3.8, 4) is 0 Å². The van der Waals surface area contributed by atoms with E-state index in [0.29, 0.717) is 16.6 Å². The van der Waals surface area contributed by atoms with Crippen LogP contribution in [0, 0.1) is 6.92 Å². The van der Waals surface area contributed by atoms with Crippen molar-refractivity contribution in [2.24, 2.45) is 0 Å². The van der Waals surface area contributed by atoms with E-state index in [2.05, 4.69) is 31.5 Å². The van der Waals surface area contributed by atoms with Crippen molar-refractivity contribution in [3.63, 3.8) is 0 Å². The molecule has 0 spiro atoms. The van der Waals surface area contributed by atoms with Gasteiger partial charge >= 0.3 is 0 Å². The number of halogens is 1. The molecule has 3 aromatic rings. The summed E-state index contributed by atoms with van der Waals surface area (Å²) in [6.07, 6.45) is 6.47. The van der Waals surface area contributed by atoms with Gasteiger partial charge in [0.2, 0.25) is 5.91 Å². The molecule has 6 heteroatoms. The number of aromatic nitrogens is 1. The first-order chi connectivity index (χ1) is 14.0. The second kappa shape index (κ2) is 9.80. The predicted molar refractivity (Wildman–Crippen MR) is 120 cm³/mol. The average Bonchev–Trinajstić information content (AvgIpc) is 2.74. The summed E-state index contributed by atoms with van der Waals surface area (Å²) in [6, 6.07) is 16.5. The van der Waals surface area contributed by atoms with Crippen molar-refractivity contribution in [1.82, 2.24) is 4.98 Å². The molecule has 2 amide bonds. The number of amides is 2. The average molecular weight is 450 g/mol. The summed E-state index contributed by atoms with van der Waals surface area (Å²) in [6.45, 7) is 1.88. The number of nitrogens with zero attached hydrogens (tertiary/aromatic N) is 1. The highest BCUT2D eigenvalue weighted by Crippen LogP contribution is 2.19. The molecule has 146 valence electrons. The summed E-state index contributed by atoms with van der Waals surface area (Å²) in [5, 5.41) is 6.42. The molecule has 2 aromatic carbocycles. The molecule has 1 heterocycles. The van der Waals surface area contributed by atoms with Crippen LogP contribution in [0.2, 0.25) is 0 Å². The summed E-state index contributed by atoms with van der Waals surface area (Å²) in [5.41, 5.74) is 4.54. The normalized spacial score (nSPS) is 10.7. The fourth-order valence-corrected chi connectivity index (χ4v) is 3.00. The minimum atomic E-state index is -0.278. The lowest BCUT2D eigenvalue weighted by Gasteiger charge is -2.10. The van der Waals surface area contributed by atoms with Crippen LogP contribution in [0.3, 0.4) is 0 Å². The largest absolute Gasteiger partial charge is 0.322 e. The third-order valence-corrected chi connectivity index (χ3v) is 4.86. The first kappa shape index (κ1) is 20.5. The van der Waals surface area contributed by atoms with Gasteiger partial charge in [-0.3, -0.25) is 14.6 Å². The molecule has 29 heavy (non-hydrogen) atoms. The Kier molecular flexibility index (Phi) is 6.92. The number of carbonyl (C=O) groups is 2. The van der Waals surface area contributed by atoms with E-state index in [1.807, 2.05) is 43.3 Å². The molecule has 0 unspecified atom stereocenters. The maximum absolute atomic E-state index is 12.6. The van der Waals surface area contributed by atoms with E-state index in [9.17, 15) is 9.59 Å². The molecule has 2 N–H and O–H groups in total. The summed E-state index contributed by atoms with van der Waals surface area (Å²) >= 11 is 3.41. The van der Waals surface area contributed by atoms with Gasteiger partial charge in [0.25, 0.3) is 5.91 Å². The van der Waals surface area contributed by atoms with E-state index in [1.165, 1.54) is 6.08 Å². The van der Waals surface area contributed by atoms with Crippen LogP contribution in [-0.2, 0) is 10.1 Å². The minimum absolute atomic E-state index is 0.238. The zero-order chi connectivity index (χ0) is 20.6. The number of benzene rings is 2. The molecule has 1 aromatic heterocycles. The van der Waals surface area contributed by atoms with Gasteiger partial charge < -0.3 is 10.6 Å². The van der Waals surface area contributed by atoms with Crippen LogP contribution in [0.15, 0.2) is 73.1 Å². The van der Waals surface area contributed by atoms with E-state index in [0.717, 1.165) is 22.4 Å². The molecule has 5 nitrogen and oxygen atoms in total. The number of rotatable bonds is 6. The highest BCUT2D eigenvalue weighted by Gasteiger charge is 2.10. The van der Waals surface area contributed by atoms with E-state index < -0.39 is 0 Å². The van der Waals surface area contributed by atoms with Crippen molar-refractivity contribution >= 4 is 45.2 Å². The molecule has 0 saturated heterocycles. The Hall–Kier alpha value is -3.25. The van der Waals surface area contributed by atoms with Crippen LogP contribution < -0.4 is 10.6 Å². The molecule has 0 fully saturated rings. The van der Waals surface area contributed by atoms with Crippen molar-refractivity contribution in [2.75, 3.05) is 10.6 Å². The monoisotopic (exact) mass is 449 g/mol. The molecule has 3 rings (SSSR count). The molecule has 0 saturated carbocycles. The molecule has 0 aliphatic rings. The Labute approximate surface area is 178 Å². The lowest BCUT2D eigenvalue weighted by Crippen LogP contribution is -2.14. The molecule has 0 bridgehead atoms. The Balaban J connectivity index is 1.71. The van der Waals surface area contributed by atoms with E-state index in [-0.39, 0.29) is 11.8 Å². The lowest BCUT2D eigenvalue weighted by atomic mass is 10.1. The van der Waals surface area contributed by atoms with Crippen molar-refractivity contribution in [3.05, 3.63) is 95.3 Å². The molecule has 0 radical (unpaired) electrons. The first-order valence-electron chi connectivity index (χ1n) is 9.01. The molecular weight excluding hydrogens is 430 g/mol. The fraction of sp³-hybridized carbons (Fsp3) is 0.0870. The van der Waals surface area contributed by atoms with Crippen LogP contribution in [0.1, 0.15) is 27.0 Å². The van der Waals surface area contributed by atoms with Gasteiger partial charge in [-0.25, -0.2) is 0 Å². The Morgan fingerprint density at radius 1 is 1.07 bits per heavy atom. The quantitative estimate of drug-likeness (QED) is 0.401.